The van der Waals surface area contributed by atoms with Gasteiger partial charge in [0.2, 0.25) is 35.4 Å². The normalized spacial score (nSPS) is 15.6. The Kier molecular flexibility index (Phi) is 20.6. The third-order valence-electron chi connectivity index (χ3n) is 15.2. The first kappa shape index (κ1) is 65.7. The summed E-state index contributed by atoms with van der Waals surface area (Å²) in [6.45, 7) is 2.68. The summed E-state index contributed by atoms with van der Waals surface area (Å²) in [5.41, 5.74) is 2.81. The van der Waals surface area contributed by atoms with Crippen LogP contribution in [-0.4, -0.2) is 151 Å². The minimum atomic E-state index is -5.30. The standard InChI is InChI=1S/C62H67N13O16S/c1-36(65-52(77)14-9-8-13-51(76)63-25-27-73-54(79)22-23-55(73)80)57(81)66-37(2)58(82)67-42-17-19-43(20-18-42)91-62(85)75-45-31-48(47(89-5)30-44(45)60(84)74-34-40-12-7-6-11-38(40)29-46(74)61(75)92(86,87)88)90-28-10-15-53(78)68-50-35-72(4)56(69-50)59(83)70-49-21-16-39(32-64-49)41-24-26-71(3)33-41/h6-7,11-12,16-24,26,30-33,35-37,46,61H,8-10,13-15,25,27-29,34H2,1-5H3,(H,63,76)(H,65,77)(H,66,81)(H,67,82)(H,68,78)(H,64,70,83)(H,86,87,88)/t36-,37-,46+,61?/m1/s1. The smallest absolute Gasteiger partial charge is 0.421 e. The van der Waals surface area contributed by atoms with Crippen LogP contribution in [0.3, 0.4) is 0 Å². The molecule has 7 N–H and O–H groups in total. The maximum atomic E-state index is 14.8. The zero-order valence-electron chi connectivity index (χ0n) is 50.7. The van der Waals surface area contributed by atoms with Crippen LogP contribution in [0.25, 0.3) is 11.1 Å². The van der Waals surface area contributed by atoms with E-state index >= 15 is 0 Å². The highest BCUT2D eigenvalue weighted by atomic mass is 32.2. The number of methoxy groups -OCH3 is 1. The molecule has 10 amide bonds. The average molecular weight is 1280 g/mol. The number of ether oxygens (including phenoxy) is 3. The molecular weight excluding hydrogens is 1210 g/mol. The van der Waals surface area contributed by atoms with Gasteiger partial charge in [-0.3, -0.25) is 57.5 Å². The lowest BCUT2D eigenvalue weighted by atomic mass is 9.93. The Labute approximate surface area is 527 Å². The molecule has 4 atom stereocenters. The molecule has 92 heavy (non-hydrogen) atoms. The molecule has 6 aromatic rings. The average Bonchev–Trinajstić information content (AvgIpc) is 1.53. The van der Waals surface area contributed by atoms with Crippen molar-refractivity contribution in [2.75, 3.05) is 47.7 Å². The number of nitrogens with zero attached hydrogens (tertiary/aromatic N) is 7. The molecule has 30 heteroatoms. The van der Waals surface area contributed by atoms with Crippen molar-refractivity contribution in [3.05, 3.63) is 138 Å². The number of anilines is 4. The molecule has 0 saturated heterocycles. The van der Waals surface area contributed by atoms with Crippen LogP contribution in [0.1, 0.15) is 84.5 Å². The molecule has 3 aromatic heterocycles. The summed E-state index contributed by atoms with van der Waals surface area (Å²) in [6, 6.07) is 16.6. The number of imidazole rings is 1. The Hall–Kier alpha value is -10.8. The summed E-state index contributed by atoms with van der Waals surface area (Å²) < 4.78 is 59.7. The number of carbonyl (C=O) groups excluding carboxylic acids is 10. The number of aromatic nitrogens is 4. The van der Waals surface area contributed by atoms with Gasteiger partial charge in [0, 0.05) is 113 Å². The highest BCUT2D eigenvalue weighted by Crippen LogP contribution is 2.43. The van der Waals surface area contributed by atoms with Gasteiger partial charge in [-0.2, -0.15) is 8.42 Å². The highest BCUT2D eigenvalue weighted by Gasteiger charge is 2.51. The molecule has 3 aliphatic heterocycles. The Bertz CT molecular complexity index is 3980. The quantitative estimate of drug-likeness (QED) is 0.0239. The minimum absolute atomic E-state index is 0.000132. The van der Waals surface area contributed by atoms with Crippen molar-refractivity contribution in [3.63, 3.8) is 0 Å². The molecule has 9 rings (SSSR count). The van der Waals surface area contributed by atoms with E-state index in [2.05, 4.69) is 41.9 Å². The summed E-state index contributed by atoms with van der Waals surface area (Å²) in [5, 5.41) is 13.5. The lowest BCUT2D eigenvalue weighted by Crippen LogP contribution is -2.59. The van der Waals surface area contributed by atoms with Gasteiger partial charge in [-0.25, -0.2) is 14.8 Å². The van der Waals surface area contributed by atoms with Crippen LogP contribution in [0.2, 0.25) is 0 Å². The van der Waals surface area contributed by atoms with Crippen molar-refractivity contribution in [3.8, 4) is 28.4 Å². The second-order valence-corrected chi connectivity index (χ2v) is 23.4. The van der Waals surface area contributed by atoms with Gasteiger partial charge in [0.1, 0.15) is 23.7 Å². The van der Waals surface area contributed by atoms with Crippen LogP contribution in [-0.2, 0) is 70.7 Å². The third-order valence-corrected chi connectivity index (χ3v) is 16.3. The second-order valence-electron chi connectivity index (χ2n) is 21.9. The number of benzene rings is 3. The highest BCUT2D eigenvalue weighted by molar-refractivity contribution is 7.86. The number of imide groups is 1. The monoisotopic (exact) mass is 1280 g/mol. The molecule has 0 aliphatic carbocycles. The van der Waals surface area contributed by atoms with Crippen molar-refractivity contribution in [2.45, 2.75) is 88.8 Å². The molecule has 29 nitrogen and oxygen atoms in total. The van der Waals surface area contributed by atoms with Crippen LogP contribution >= 0.6 is 0 Å². The molecule has 0 radical (unpaired) electrons. The lowest BCUT2D eigenvalue weighted by molar-refractivity contribution is -0.137. The fourth-order valence-electron chi connectivity index (χ4n) is 10.5. The largest absolute Gasteiger partial charge is 0.493 e. The number of carbonyl (C=O) groups is 10. The van der Waals surface area contributed by atoms with Crippen molar-refractivity contribution in [1.82, 2.24) is 44.9 Å². The van der Waals surface area contributed by atoms with E-state index in [1.54, 1.807) is 43.6 Å². The van der Waals surface area contributed by atoms with E-state index < -0.39 is 87.0 Å². The van der Waals surface area contributed by atoms with E-state index in [4.69, 9.17) is 14.2 Å². The van der Waals surface area contributed by atoms with E-state index in [-0.39, 0.29) is 110 Å². The summed E-state index contributed by atoms with van der Waals surface area (Å²) in [6.07, 6.45) is 8.50. The molecule has 0 fully saturated rings. The third kappa shape index (κ3) is 16.0. The van der Waals surface area contributed by atoms with Crippen LogP contribution < -0.4 is 51.0 Å². The first-order valence-electron chi connectivity index (χ1n) is 29.2. The summed E-state index contributed by atoms with van der Waals surface area (Å²) >= 11 is 0. The predicted octanol–water partition coefficient (Wildman–Crippen LogP) is 4.23. The van der Waals surface area contributed by atoms with E-state index in [1.807, 2.05) is 36.1 Å². The second kappa shape index (κ2) is 28.8. The van der Waals surface area contributed by atoms with Gasteiger partial charge < -0.3 is 60.1 Å². The van der Waals surface area contributed by atoms with Gasteiger partial charge in [-0.05, 0) is 99.2 Å². The summed E-state index contributed by atoms with van der Waals surface area (Å²) in [4.78, 5) is 142. The molecular formula is C62H67N13O16S. The molecule has 0 spiro atoms. The maximum absolute atomic E-state index is 14.8. The van der Waals surface area contributed by atoms with E-state index in [9.17, 15) is 60.9 Å². The zero-order chi connectivity index (χ0) is 66.0. The van der Waals surface area contributed by atoms with Gasteiger partial charge in [0.15, 0.2) is 22.7 Å². The van der Waals surface area contributed by atoms with E-state index in [0.29, 0.717) is 34.7 Å². The number of fused-ring (bicyclic) bond motifs is 3. The van der Waals surface area contributed by atoms with Crippen LogP contribution in [0.5, 0.6) is 17.2 Å². The number of nitrogens with one attached hydrogen (secondary N) is 6. The molecule has 482 valence electrons. The number of pyridine rings is 1. The molecule has 1 unspecified atom stereocenters. The summed E-state index contributed by atoms with van der Waals surface area (Å²) in [7, 11) is -0.503. The van der Waals surface area contributed by atoms with Gasteiger partial charge in [-0.1, -0.05) is 24.3 Å². The lowest BCUT2D eigenvalue weighted by Gasteiger charge is -2.40. The minimum Gasteiger partial charge on any atom is -0.493 e. The van der Waals surface area contributed by atoms with E-state index in [0.717, 1.165) is 28.2 Å². The summed E-state index contributed by atoms with van der Waals surface area (Å²) in [5.74, 6) is -4.69. The first-order chi connectivity index (χ1) is 43.9. The number of unbranched alkanes of at least 4 members (excludes halogenated alkanes) is 1. The number of amides is 10. The van der Waals surface area contributed by atoms with Crippen molar-refractivity contribution in [2.24, 2.45) is 14.1 Å². The molecule has 0 bridgehead atoms. The van der Waals surface area contributed by atoms with E-state index in [1.165, 1.54) is 73.0 Å². The van der Waals surface area contributed by atoms with Gasteiger partial charge >= 0.3 is 6.09 Å². The Morgan fingerprint density at radius 1 is 0.739 bits per heavy atom. The van der Waals surface area contributed by atoms with Crippen LogP contribution in [0.15, 0.2) is 116 Å². The zero-order valence-corrected chi connectivity index (χ0v) is 51.5. The van der Waals surface area contributed by atoms with Gasteiger partial charge in [0.05, 0.1) is 31.0 Å². The fourth-order valence-corrected chi connectivity index (χ4v) is 11.6. The first-order valence-corrected chi connectivity index (χ1v) is 30.7. The fraction of sp³-hybridized carbons (Fsp3) is 0.323. The van der Waals surface area contributed by atoms with Gasteiger partial charge in [0.25, 0.3) is 33.7 Å². The van der Waals surface area contributed by atoms with Crippen molar-refractivity contribution in [1.29, 1.82) is 0 Å². The predicted molar refractivity (Wildman–Crippen MR) is 331 cm³/mol. The Morgan fingerprint density at radius 2 is 1.43 bits per heavy atom. The number of hydrogen-bond acceptors (Lipinski definition) is 17. The van der Waals surface area contributed by atoms with Crippen LogP contribution in [0, 0.1) is 0 Å². The maximum Gasteiger partial charge on any atom is 0.421 e. The van der Waals surface area contributed by atoms with Crippen LogP contribution in [0.4, 0.5) is 27.8 Å². The number of rotatable bonds is 25. The Balaban J connectivity index is 0.810. The topological polar surface area (TPSA) is 370 Å². The number of aryl methyl sites for hydroxylation is 2. The van der Waals surface area contributed by atoms with Crippen molar-refractivity contribution < 1.29 is 75.1 Å². The molecule has 3 aromatic carbocycles. The molecule has 0 saturated carbocycles. The Morgan fingerprint density at radius 3 is 2.11 bits per heavy atom. The van der Waals surface area contributed by atoms with Gasteiger partial charge in [-0.15, -0.1) is 0 Å². The molecule has 3 aliphatic rings. The van der Waals surface area contributed by atoms with Crippen molar-refractivity contribution >= 4 is 92.4 Å². The molecule has 6 heterocycles. The SMILES string of the molecule is COc1cc2c(cc1OCCCC(=O)Nc1cn(C)c(C(=O)Nc3ccc(-c4ccn(C)c4)cn3)n1)N(C(=O)Oc1ccc(NC(=O)[C@@H](C)NC(=O)[C@@H](C)NC(=O)CCCCC(=O)NCCN3C(=O)C=CC3=O)cc1)C(S(=O)(=O)O)[C@@H]1Cc3ccccc3CN1C2=O. The number of hydrogen-bond donors (Lipinski definition) is 7.